The molecule has 1 fully saturated rings. The third-order valence-corrected chi connectivity index (χ3v) is 3.04. The Hall–Kier alpha value is -1.44. The predicted molar refractivity (Wildman–Crippen MR) is 54.7 cm³/mol. The zero-order chi connectivity index (χ0) is 12.0. The van der Waals surface area contributed by atoms with Crippen molar-refractivity contribution in [1.82, 2.24) is 9.55 Å². The second-order valence-corrected chi connectivity index (χ2v) is 4.02. The van der Waals surface area contributed by atoms with Crippen LogP contribution in [0.5, 0.6) is 6.01 Å². The number of aliphatic hydroxyl groups excluding tert-OH is 1. The van der Waals surface area contributed by atoms with Crippen LogP contribution < -0.4 is 10.3 Å². The minimum Gasteiger partial charge on any atom is -0.462 e. The van der Waals surface area contributed by atoms with Crippen molar-refractivity contribution in [3.05, 3.63) is 22.6 Å². The molecule has 1 aromatic rings. The molecule has 0 amide bonds. The zero-order valence-electron chi connectivity index (χ0n) is 9.15. The van der Waals surface area contributed by atoms with Gasteiger partial charge < -0.3 is 19.3 Å². The topological polar surface area (TPSA) is 82.8 Å². The number of hydrogen-bond donors (Lipinski definition) is 1. The zero-order valence-corrected chi connectivity index (χ0v) is 9.15. The lowest BCUT2D eigenvalue weighted by atomic mass is 10.1. The number of aliphatic hydroxyl groups is 1. The molecule has 0 aliphatic carbocycles. The summed E-state index contributed by atoms with van der Waals surface area (Å²) in [5.41, 5.74) is -0.372. The van der Waals surface area contributed by atoms with E-state index in [1.54, 1.807) is 4.57 Å². The van der Waals surface area contributed by atoms with Crippen molar-refractivity contribution in [2.75, 3.05) is 13.7 Å². The van der Waals surface area contributed by atoms with Crippen LogP contribution >= 0.6 is 0 Å². The number of aromatic nitrogens is 2. The largest absolute Gasteiger partial charge is 0.462 e. The van der Waals surface area contributed by atoms with Gasteiger partial charge in [0, 0.05) is 19.4 Å². The Morgan fingerprint density at radius 1 is 1.65 bits per heavy atom. The van der Waals surface area contributed by atoms with E-state index in [9.17, 15) is 9.90 Å². The summed E-state index contributed by atoms with van der Waals surface area (Å²) in [6.07, 6.45) is -0.709. The first-order valence-electron chi connectivity index (χ1n) is 5.29. The normalized spacial score (nSPS) is 34.9. The van der Waals surface area contributed by atoms with Crippen LogP contribution in [0, 0.1) is 0 Å². The second-order valence-electron chi connectivity index (χ2n) is 4.02. The summed E-state index contributed by atoms with van der Waals surface area (Å²) in [5, 5.41) is 9.94. The Bertz CT molecular complexity index is 488. The Morgan fingerprint density at radius 3 is 3.24 bits per heavy atom. The molecular formula is C10H12N2O5. The maximum Gasteiger partial charge on any atom is 0.302 e. The average Bonchev–Trinajstić information content (AvgIpc) is 2.51. The predicted octanol–water partition coefficient (Wildman–Crippen LogP) is -1.09. The van der Waals surface area contributed by atoms with Crippen LogP contribution in [0.1, 0.15) is 6.23 Å². The van der Waals surface area contributed by atoms with Gasteiger partial charge in [-0.3, -0.25) is 9.36 Å². The van der Waals surface area contributed by atoms with E-state index in [-0.39, 0.29) is 18.2 Å². The summed E-state index contributed by atoms with van der Waals surface area (Å²) in [6.45, 7) is 0.147. The molecule has 17 heavy (non-hydrogen) atoms. The number of fused-ring (bicyclic) bond motifs is 4. The molecule has 0 saturated carbocycles. The molecular weight excluding hydrogens is 228 g/mol. The van der Waals surface area contributed by atoms with Gasteiger partial charge in [0.15, 0.2) is 6.23 Å². The highest BCUT2D eigenvalue weighted by Crippen LogP contribution is 2.35. The maximum atomic E-state index is 11.1. The third-order valence-electron chi connectivity index (χ3n) is 3.04. The number of rotatable bonds is 1. The van der Waals surface area contributed by atoms with Crippen molar-refractivity contribution in [2.24, 2.45) is 0 Å². The van der Waals surface area contributed by atoms with Crippen molar-refractivity contribution < 1.29 is 19.3 Å². The smallest absolute Gasteiger partial charge is 0.302 e. The minimum absolute atomic E-state index is 0.147. The lowest BCUT2D eigenvalue weighted by molar-refractivity contribution is -0.0472. The number of methoxy groups -OCH3 is 1. The van der Waals surface area contributed by atoms with E-state index in [0.717, 1.165) is 0 Å². The highest BCUT2D eigenvalue weighted by molar-refractivity contribution is 5.06. The first-order chi connectivity index (χ1) is 8.20. The molecule has 0 radical (unpaired) electrons. The van der Waals surface area contributed by atoms with E-state index in [2.05, 4.69) is 4.98 Å². The highest BCUT2D eigenvalue weighted by Gasteiger charge is 2.47. The van der Waals surface area contributed by atoms with Gasteiger partial charge >= 0.3 is 6.01 Å². The Kier molecular flexibility index (Phi) is 2.39. The molecule has 2 aliphatic rings. The Morgan fingerprint density at radius 2 is 2.47 bits per heavy atom. The second kappa shape index (κ2) is 3.80. The van der Waals surface area contributed by atoms with Crippen LogP contribution in [0.4, 0.5) is 0 Å². The van der Waals surface area contributed by atoms with Crippen LogP contribution in [-0.2, 0) is 9.47 Å². The Balaban J connectivity index is 2.08. The average molecular weight is 240 g/mol. The molecule has 7 nitrogen and oxygen atoms in total. The van der Waals surface area contributed by atoms with Crippen LogP contribution in [0.3, 0.4) is 0 Å². The van der Waals surface area contributed by atoms with Crippen molar-refractivity contribution >= 4 is 0 Å². The fourth-order valence-electron chi connectivity index (χ4n) is 2.19. The fourth-order valence-corrected chi connectivity index (χ4v) is 2.19. The summed E-state index contributed by atoms with van der Waals surface area (Å²) in [4.78, 5) is 14.9. The summed E-state index contributed by atoms with van der Waals surface area (Å²) in [6, 6.07) is 1.51. The molecule has 3 heterocycles. The van der Waals surface area contributed by atoms with Crippen molar-refractivity contribution in [3.8, 4) is 6.01 Å². The highest BCUT2D eigenvalue weighted by atomic mass is 16.6. The third kappa shape index (κ3) is 1.54. The standard InChI is InChI=1S/C10H12N2O5/c1-15-8-7(14)5-4-16-10-11-6(13)2-3-12(10)9(8)17-5/h2-3,5,7-9,14H,4H2,1H3/t5-,7-,8-,9-/m1/s1. The van der Waals surface area contributed by atoms with Gasteiger partial charge in [0.25, 0.3) is 5.56 Å². The van der Waals surface area contributed by atoms with Gasteiger partial charge in [0.1, 0.15) is 24.9 Å². The van der Waals surface area contributed by atoms with E-state index in [4.69, 9.17) is 14.2 Å². The maximum absolute atomic E-state index is 11.1. The SMILES string of the molecule is CO[C@@H]1[C@H](O)[C@H]2COc3nc(=O)ccn3[C@@H]1O2. The number of ether oxygens (including phenoxy) is 3. The summed E-state index contributed by atoms with van der Waals surface area (Å²) >= 11 is 0. The fraction of sp³-hybridized carbons (Fsp3) is 0.600. The molecule has 0 aromatic carbocycles. The van der Waals surface area contributed by atoms with E-state index < -0.39 is 24.5 Å². The lowest BCUT2D eigenvalue weighted by Crippen LogP contribution is -2.38. The molecule has 4 atom stereocenters. The summed E-state index contributed by atoms with van der Waals surface area (Å²) in [5.74, 6) is 0. The molecule has 2 aliphatic heterocycles. The molecule has 1 aromatic heterocycles. The Labute approximate surface area is 96.6 Å². The number of hydrogen-bond acceptors (Lipinski definition) is 6. The monoisotopic (exact) mass is 240 g/mol. The van der Waals surface area contributed by atoms with E-state index in [1.165, 1.54) is 19.4 Å². The van der Waals surface area contributed by atoms with Gasteiger partial charge in [0.2, 0.25) is 0 Å². The van der Waals surface area contributed by atoms with Crippen molar-refractivity contribution in [2.45, 2.75) is 24.5 Å². The number of nitrogens with zero attached hydrogens (tertiary/aromatic N) is 2. The van der Waals surface area contributed by atoms with E-state index in [0.29, 0.717) is 0 Å². The van der Waals surface area contributed by atoms with Gasteiger partial charge in [0.05, 0.1) is 0 Å². The van der Waals surface area contributed by atoms with Gasteiger partial charge in [-0.1, -0.05) is 0 Å². The van der Waals surface area contributed by atoms with Gasteiger partial charge in [-0.05, 0) is 0 Å². The molecule has 0 spiro atoms. The molecule has 3 rings (SSSR count). The molecule has 7 heteroatoms. The van der Waals surface area contributed by atoms with Crippen LogP contribution in [-0.4, -0.2) is 46.7 Å². The van der Waals surface area contributed by atoms with Gasteiger partial charge in [-0.25, -0.2) is 0 Å². The lowest BCUT2D eigenvalue weighted by Gasteiger charge is -2.23. The van der Waals surface area contributed by atoms with Crippen molar-refractivity contribution in [1.29, 1.82) is 0 Å². The molecule has 92 valence electrons. The van der Waals surface area contributed by atoms with E-state index in [1.807, 2.05) is 0 Å². The summed E-state index contributed by atoms with van der Waals surface area (Å²) < 4.78 is 17.7. The molecule has 1 saturated heterocycles. The van der Waals surface area contributed by atoms with Crippen LogP contribution in [0.15, 0.2) is 17.1 Å². The van der Waals surface area contributed by atoms with Gasteiger partial charge in [-0.2, -0.15) is 4.98 Å². The first kappa shape index (κ1) is 10.7. The summed E-state index contributed by atoms with van der Waals surface area (Å²) in [7, 11) is 1.50. The molecule has 0 unspecified atom stereocenters. The van der Waals surface area contributed by atoms with Crippen LogP contribution in [0.2, 0.25) is 0 Å². The molecule has 1 N–H and O–H groups in total. The first-order valence-corrected chi connectivity index (χ1v) is 5.29. The molecule has 2 bridgehead atoms. The quantitative estimate of drug-likeness (QED) is 0.671. The van der Waals surface area contributed by atoms with E-state index >= 15 is 0 Å². The van der Waals surface area contributed by atoms with Crippen molar-refractivity contribution in [3.63, 3.8) is 0 Å². The van der Waals surface area contributed by atoms with Gasteiger partial charge in [-0.15, -0.1) is 0 Å². The van der Waals surface area contributed by atoms with Crippen LogP contribution in [0.25, 0.3) is 0 Å². The minimum atomic E-state index is -0.752.